The Morgan fingerprint density at radius 1 is 0.962 bits per heavy atom. The average Bonchev–Trinajstić information content (AvgIpc) is 3.37. The van der Waals surface area contributed by atoms with Gasteiger partial charge in [0.15, 0.2) is 10.9 Å². The van der Waals surface area contributed by atoms with Gasteiger partial charge in [-0.3, -0.25) is 4.79 Å². The Morgan fingerprint density at radius 3 is 2.38 bits per heavy atom. The fourth-order valence-corrected chi connectivity index (χ4v) is 3.55. The van der Waals surface area contributed by atoms with Crippen molar-refractivity contribution in [3.63, 3.8) is 0 Å². The lowest BCUT2D eigenvalue weighted by Gasteiger charge is -2.01. The molecule has 2 aromatic heterocycles. The van der Waals surface area contributed by atoms with Crippen molar-refractivity contribution in [2.45, 2.75) is 6.54 Å². The third-order valence-corrected chi connectivity index (χ3v) is 4.92. The molecule has 0 aliphatic heterocycles. The summed E-state index contributed by atoms with van der Waals surface area (Å²) in [6.45, 7) is 0.644. The van der Waals surface area contributed by atoms with Gasteiger partial charge in [0.25, 0.3) is 0 Å². The molecule has 0 bridgehead atoms. The van der Waals surface area contributed by atoms with E-state index in [1.807, 2.05) is 66.7 Å². The first-order valence-electron chi connectivity index (χ1n) is 8.23. The highest BCUT2D eigenvalue weighted by atomic mass is 32.1. The van der Waals surface area contributed by atoms with E-state index < -0.39 is 0 Å². The van der Waals surface area contributed by atoms with Crippen LogP contribution in [0.4, 0.5) is 5.13 Å². The maximum Gasteiger partial charge on any atom is 0.205 e. The molecular formula is C21H16N2O2S. The zero-order valence-corrected chi connectivity index (χ0v) is 14.7. The molecule has 4 rings (SSSR count). The zero-order valence-electron chi connectivity index (χ0n) is 13.9. The lowest BCUT2D eigenvalue weighted by atomic mass is 10.1. The van der Waals surface area contributed by atoms with Gasteiger partial charge in [0.2, 0.25) is 5.78 Å². The summed E-state index contributed by atoms with van der Waals surface area (Å²) in [7, 11) is 0. The molecule has 0 spiro atoms. The summed E-state index contributed by atoms with van der Waals surface area (Å²) in [4.78, 5) is 18.1. The summed E-state index contributed by atoms with van der Waals surface area (Å²) < 4.78 is 5.49. The van der Waals surface area contributed by atoms with Crippen molar-refractivity contribution in [3.05, 3.63) is 95.1 Å². The minimum absolute atomic E-state index is 0.0535. The highest BCUT2D eigenvalue weighted by molar-refractivity contribution is 7.18. The van der Waals surface area contributed by atoms with Crippen LogP contribution in [0.1, 0.15) is 20.8 Å². The van der Waals surface area contributed by atoms with E-state index in [2.05, 4.69) is 10.3 Å². The smallest absolute Gasteiger partial charge is 0.205 e. The van der Waals surface area contributed by atoms with Crippen molar-refractivity contribution in [1.82, 2.24) is 4.98 Å². The number of anilines is 1. The predicted octanol–water partition coefficient (Wildman–Crippen LogP) is 5.25. The highest BCUT2D eigenvalue weighted by Gasteiger charge is 2.22. The quantitative estimate of drug-likeness (QED) is 0.477. The van der Waals surface area contributed by atoms with Crippen molar-refractivity contribution in [2.24, 2.45) is 0 Å². The van der Waals surface area contributed by atoms with Crippen LogP contribution in [0.25, 0.3) is 11.5 Å². The van der Waals surface area contributed by atoms with Crippen LogP contribution < -0.4 is 5.32 Å². The van der Waals surface area contributed by atoms with E-state index in [9.17, 15) is 4.79 Å². The van der Waals surface area contributed by atoms with Gasteiger partial charge in [-0.15, -0.1) is 0 Å². The highest BCUT2D eigenvalue weighted by Crippen LogP contribution is 2.33. The van der Waals surface area contributed by atoms with Crippen molar-refractivity contribution in [1.29, 1.82) is 0 Å². The largest absolute Gasteiger partial charge is 0.463 e. The molecule has 5 heteroatoms. The van der Waals surface area contributed by atoms with Crippen LogP contribution in [0.2, 0.25) is 0 Å². The molecule has 0 saturated carbocycles. The second-order valence-electron chi connectivity index (χ2n) is 5.71. The predicted molar refractivity (Wildman–Crippen MR) is 103 cm³/mol. The fraction of sp³-hybridized carbons (Fsp3) is 0.0476. The van der Waals surface area contributed by atoms with Crippen molar-refractivity contribution < 1.29 is 9.21 Å². The van der Waals surface area contributed by atoms with Crippen LogP contribution in [-0.2, 0) is 6.54 Å². The second-order valence-corrected chi connectivity index (χ2v) is 6.71. The van der Waals surface area contributed by atoms with E-state index in [1.165, 1.54) is 11.3 Å². The Hall–Kier alpha value is -3.18. The maximum atomic E-state index is 13.0. The first kappa shape index (κ1) is 16.3. The fourth-order valence-electron chi connectivity index (χ4n) is 2.62. The number of nitrogens with one attached hydrogen (secondary N) is 1. The number of hydrogen-bond donors (Lipinski definition) is 1. The molecule has 2 aromatic carbocycles. The molecule has 0 aliphatic carbocycles. The molecule has 26 heavy (non-hydrogen) atoms. The van der Waals surface area contributed by atoms with E-state index in [0.29, 0.717) is 33.6 Å². The standard InChI is InChI=1S/C21H16N2O2S/c24-19(16-10-5-2-6-11-16)20-18(17-12-7-13-25-17)23-21(26-20)22-14-15-8-3-1-4-9-15/h1-13H,14H2,(H,22,23). The number of benzene rings is 2. The minimum atomic E-state index is -0.0535. The van der Waals surface area contributed by atoms with Crippen LogP contribution in [-0.4, -0.2) is 10.8 Å². The number of ketones is 1. The van der Waals surface area contributed by atoms with E-state index in [-0.39, 0.29) is 5.78 Å². The topological polar surface area (TPSA) is 55.1 Å². The Morgan fingerprint density at radius 2 is 1.69 bits per heavy atom. The third kappa shape index (κ3) is 3.43. The van der Waals surface area contributed by atoms with Gasteiger partial charge in [-0.1, -0.05) is 72.0 Å². The van der Waals surface area contributed by atoms with E-state index in [4.69, 9.17) is 4.42 Å². The van der Waals surface area contributed by atoms with Crippen LogP contribution in [0.15, 0.2) is 83.5 Å². The number of furan rings is 1. The van der Waals surface area contributed by atoms with Gasteiger partial charge in [-0.25, -0.2) is 4.98 Å². The zero-order chi connectivity index (χ0) is 17.8. The first-order chi connectivity index (χ1) is 12.8. The van der Waals surface area contributed by atoms with E-state index >= 15 is 0 Å². The summed E-state index contributed by atoms with van der Waals surface area (Å²) in [5, 5.41) is 4.00. The molecule has 0 unspecified atom stereocenters. The number of carbonyl (C=O) groups is 1. The minimum Gasteiger partial charge on any atom is -0.463 e. The van der Waals surface area contributed by atoms with Gasteiger partial charge in [0, 0.05) is 12.1 Å². The van der Waals surface area contributed by atoms with Crippen LogP contribution in [0.5, 0.6) is 0 Å². The number of thiazole rings is 1. The van der Waals surface area contributed by atoms with Crippen LogP contribution in [0.3, 0.4) is 0 Å². The molecule has 0 amide bonds. The van der Waals surface area contributed by atoms with Gasteiger partial charge in [0.05, 0.1) is 6.26 Å². The van der Waals surface area contributed by atoms with Gasteiger partial charge in [-0.2, -0.15) is 0 Å². The Kier molecular flexibility index (Phi) is 4.62. The van der Waals surface area contributed by atoms with Crippen molar-refractivity contribution >= 4 is 22.3 Å². The third-order valence-electron chi connectivity index (χ3n) is 3.91. The van der Waals surface area contributed by atoms with E-state index in [1.54, 1.807) is 12.3 Å². The molecule has 2 heterocycles. The van der Waals surface area contributed by atoms with Crippen molar-refractivity contribution in [3.8, 4) is 11.5 Å². The monoisotopic (exact) mass is 360 g/mol. The van der Waals surface area contributed by atoms with Gasteiger partial charge < -0.3 is 9.73 Å². The SMILES string of the molecule is O=C(c1ccccc1)c1sc(NCc2ccccc2)nc1-c1ccco1. The normalized spacial score (nSPS) is 10.6. The molecule has 0 radical (unpaired) electrons. The second kappa shape index (κ2) is 7.37. The molecule has 0 saturated heterocycles. The summed E-state index contributed by atoms with van der Waals surface area (Å²) in [6.07, 6.45) is 1.59. The number of hydrogen-bond acceptors (Lipinski definition) is 5. The molecular weight excluding hydrogens is 344 g/mol. The Labute approximate surface area is 155 Å². The summed E-state index contributed by atoms with van der Waals surface area (Å²) >= 11 is 1.35. The van der Waals surface area contributed by atoms with E-state index in [0.717, 1.165) is 5.56 Å². The van der Waals surface area contributed by atoms with Crippen molar-refractivity contribution in [2.75, 3.05) is 5.32 Å². The summed E-state index contributed by atoms with van der Waals surface area (Å²) in [5.74, 6) is 0.538. The van der Waals surface area contributed by atoms with Crippen LogP contribution >= 0.6 is 11.3 Å². The number of nitrogens with zero attached hydrogens (tertiary/aromatic N) is 1. The summed E-state index contributed by atoms with van der Waals surface area (Å²) in [6, 6.07) is 22.9. The maximum absolute atomic E-state index is 13.0. The first-order valence-corrected chi connectivity index (χ1v) is 9.05. The molecule has 0 aliphatic rings. The number of aromatic nitrogens is 1. The van der Waals surface area contributed by atoms with Crippen LogP contribution in [0, 0.1) is 0 Å². The molecule has 0 fully saturated rings. The molecule has 4 nitrogen and oxygen atoms in total. The lowest BCUT2D eigenvalue weighted by molar-refractivity contribution is 0.104. The number of rotatable bonds is 6. The van der Waals surface area contributed by atoms with Gasteiger partial charge in [-0.05, 0) is 17.7 Å². The molecule has 128 valence electrons. The Balaban J connectivity index is 1.66. The van der Waals surface area contributed by atoms with Gasteiger partial charge in [0.1, 0.15) is 10.6 Å². The van der Waals surface area contributed by atoms with Gasteiger partial charge >= 0.3 is 0 Å². The number of carbonyl (C=O) groups excluding carboxylic acids is 1. The average molecular weight is 360 g/mol. The summed E-state index contributed by atoms with van der Waals surface area (Å²) in [5.41, 5.74) is 2.36. The molecule has 4 aromatic rings. The Bertz CT molecular complexity index is 993. The molecule has 0 atom stereocenters. The lowest BCUT2D eigenvalue weighted by Crippen LogP contribution is -2.00. The molecule has 1 N–H and O–H groups in total.